The van der Waals surface area contributed by atoms with Crippen LogP contribution in [0.1, 0.15) is 53.4 Å². The SMILES string of the molecule is O=C(NC1CCCC1)[C@H](c1ccccc1)N(Cc1ccc(F)cc1)C(=O)c1ccco1. The molecule has 0 unspecified atom stereocenters. The minimum Gasteiger partial charge on any atom is -0.459 e. The van der Waals surface area contributed by atoms with Crippen LogP contribution in [0.5, 0.6) is 0 Å². The Kier molecular flexibility index (Phi) is 6.46. The average Bonchev–Trinajstić information content (AvgIpc) is 3.49. The third-order valence-corrected chi connectivity index (χ3v) is 5.64. The summed E-state index contributed by atoms with van der Waals surface area (Å²) < 4.78 is 18.8. The molecule has 6 heteroatoms. The number of rotatable bonds is 7. The predicted octanol–water partition coefficient (Wildman–Crippen LogP) is 4.86. The van der Waals surface area contributed by atoms with Crippen molar-refractivity contribution in [1.82, 2.24) is 10.2 Å². The van der Waals surface area contributed by atoms with Gasteiger partial charge in [0.1, 0.15) is 11.9 Å². The first kappa shape index (κ1) is 20.8. The summed E-state index contributed by atoms with van der Waals surface area (Å²) in [6.07, 6.45) is 5.49. The second-order valence-electron chi connectivity index (χ2n) is 7.84. The summed E-state index contributed by atoms with van der Waals surface area (Å²) in [7, 11) is 0. The molecule has 5 nitrogen and oxygen atoms in total. The highest BCUT2D eigenvalue weighted by atomic mass is 19.1. The second kappa shape index (κ2) is 9.60. The number of carbonyl (C=O) groups is 2. The first-order valence-electron chi connectivity index (χ1n) is 10.6. The van der Waals surface area contributed by atoms with Crippen LogP contribution in [0, 0.1) is 5.82 Å². The number of halogens is 1. The van der Waals surface area contributed by atoms with Gasteiger partial charge in [0.2, 0.25) is 5.91 Å². The summed E-state index contributed by atoms with van der Waals surface area (Å²) in [5.74, 6) is -0.826. The Morgan fingerprint density at radius 2 is 1.71 bits per heavy atom. The molecule has 2 amide bonds. The van der Waals surface area contributed by atoms with Crippen molar-refractivity contribution in [2.75, 3.05) is 0 Å². The van der Waals surface area contributed by atoms with E-state index in [4.69, 9.17) is 4.42 Å². The van der Waals surface area contributed by atoms with Crippen LogP contribution in [0.25, 0.3) is 0 Å². The topological polar surface area (TPSA) is 62.6 Å². The lowest BCUT2D eigenvalue weighted by Crippen LogP contribution is -2.45. The number of nitrogens with zero attached hydrogens (tertiary/aromatic N) is 1. The Hall–Kier alpha value is -3.41. The number of hydrogen-bond donors (Lipinski definition) is 1. The van der Waals surface area contributed by atoms with Crippen molar-refractivity contribution in [3.05, 3.63) is 95.7 Å². The monoisotopic (exact) mass is 420 g/mol. The molecule has 1 fully saturated rings. The maximum Gasteiger partial charge on any atom is 0.290 e. The molecule has 1 atom stereocenters. The summed E-state index contributed by atoms with van der Waals surface area (Å²) in [4.78, 5) is 28.4. The van der Waals surface area contributed by atoms with E-state index in [1.165, 1.54) is 23.3 Å². The molecule has 1 saturated carbocycles. The maximum atomic E-state index is 13.5. The van der Waals surface area contributed by atoms with E-state index in [2.05, 4.69) is 5.32 Å². The van der Waals surface area contributed by atoms with Crippen LogP contribution in [0.4, 0.5) is 4.39 Å². The number of carbonyl (C=O) groups excluding carboxylic acids is 2. The summed E-state index contributed by atoms with van der Waals surface area (Å²) in [5, 5.41) is 3.13. The second-order valence-corrected chi connectivity index (χ2v) is 7.84. The Morgan fingerprint density at radius 3 is 2.35 bits per heavy atom. The quantitative estimate of drug-likeness (QED) is 0.594. The van der Waals surface area contributed by atoms with Gasteiger partial charge in [0.15, 0.2) is 5.76 Å². The van der Waals surface area contributed by atoms with Gasteiger partial charge in [0.25, 0.3) is 5.91 Å². The van der Waals surface area contributed by atoms with Crippen LogP contribution in [0.2, 0.25) is 0 Å². The van der Waals surface area contributed by atoms with Crippen LogP contribution in [0.3, 0.4) is 0 Å². The molecule has 0 aliphatic heterocycles. The van der Waals surface area contributed by atoms with Gasteiger partial charge in [-0.3, -0.25) is 9.59 Å². The largest absolute Gasteiger partial charge is 0.459 e. The van der Waals surface area contributed by atoms with Crippen LogP contribution >= 0.6 is 0 Å². The van der Waals surface area contributed by atoms with E-state index >= 15 is 0 Å². The lowest BCUT2D eigenvalue weighted by Gasteiger charge is -2.32. The average molecular weight is 420 g/mol. The molecule has 31 heavy (non-hydrogen) atoms. The zero-order valence-corrected chi connectivity index (χ0v) is 17.2. The minimum atomic E-state index is -0.843. The third-order valence-electron chi connectivity index (χ3n) is 5.64. The maximum absolute atomic E-state index is 13.5. The highest BCUT2D eigenvalue weighted by Gasteiger charge is 2.34. The van der Waals surface area contributed by atoms with Gasteiger partial charge in [-0.1, -0.05) is 55.3 Å². The van der Waals surface area contributed by atoms with Crippen molar-refractivity contribution >= 4 is 11.8 Å². The van der Waals surface area contributed by atoms with E-state index in [0.29, 0.717) is 5.56 Å². The summed E-state index contributed by atoms with van der Waals surface area (Å²) in [5.41, 5.74) is 1.43. The number of benzene rings is 2. The third kappa shape index (κ3) is 5.02. The molecule has 160 valence electrons. The van der Waals surface area contributed by atoms with Crippen LogP contribution in [-0.4, -0.2) is 22.8 Å². The summed E-state index contributed by atoms with van der Waals surface area (Å²) in [6.45, 7) is 0.136. The van der Waals surface area contributed by atoms with Gasteiger partial charge < -0.3 is 14.6 Å². The molecular weight excluding hydrogens is 395 g/mol. The standard InChI is InChI=1S/C25H25FN2O3/c26-20-14-12-18(13-15-20)17-28(25(30)22-11-6-16-31-22)23(19-7-2-1-3-8-19)24(29)27-21-9-4-5-10-21/h1-3,6-8,11-16,21,23H,4-5,9-10,17H2,(H,27,29)/t23-/m0/s1. The van der Waals surface area contributed by atoms with Crippen molar-refractivity contribution in [1.29, 1.82) is 0 Å². The Balaban J connectivity index is 1.71. The molecule has 0 radical (unpaired) electrons. The molecule has 1 aromatic heterocycles. The summed E-state index contributed by atoms with van der Waals surface area (Å²) in [6, 6.07) is 17.7. The molecule has 4 rings (SSSR count). The zero-order valence-electron chi connectivity index (χ0n) is 17.2. The fraction of sp³-hybridized carbons (Fsp3) is 0.280. The van der Waals surface area contributed by atoms with Gasteiger partial charge in [0.05, 0.1) is 6.26 Å². The molecule has 2 aromatic carbocycles. The minimum absolute atomic E-state index is 0.116. The molecule has 1 aliphatic rings. The lowest BCUT2D eigenvalue weighted by atomic mass is 10.0. The molecule has 0 bridgehead atoms. The highest BCUT2D eigenvalue weighted by Crippen LogP contribution is 2.27. The molecule has 0 saturated heterocycles. The Morgan fingerprint density at radius 1 is 1.00 bits per heavy atom. The molecular formula is C25H25FN2O3. The van der Waals surface area contributed by atoms with Gasteiger partial charge >= 0.3 is 0 Å². The van der Waals surface area contributed by atoms with Crippen molar-refractivity contribution in [3.8, 4) is 0 Å². The fourth-order valence-corrected chi connectivity index (χ4v) is 4.07. The number of hydrogen-bond acceptors (Lipinski definition) is 3. The Bertz CT molecular complexity index is 997. The smallest absolute Gasteiger partial charge is 0.290 e. The summed E-state index contributed by atoms with van der Waals surface area (Å²) >= 11 is 0. The highest BCUT2D eigenvalue weighted by molar-refractivity contribution is 5.96. The zero-order chi connectivity index (χ0) is 21.6. The molecule has 3 aromatic rings. The van der Waals surface area contributed by atoms with E-state index in [1.807, 2.05) is 30.3 Å². The first-order chi connectivity index (χ1) is 15.1. The molecule has 1 heterocycles. The molecule has 1 aliphatic carbocycles. The van der Waals surface area contributed by atoms with E-state index in [0.717, 1.165) is 31.2 Å². The first-order valence-corrected chi connectivity index (χ1v) is 10.6. The lowest BCUT2D eigenvalue weighted by molar-refractivity contribution is -0.126. The van der Waals surface area contributed by atoms with Crippen molar-refractivity contribution in [3.63, 3.8) is 0 Å². The van der Waals surface area contributed by atoms with E-state index in [9.17, 15) is 14.0 Å². The van der Waals surface area contributed by atoms with E-state index < -0.39 is 11.9 Å². The van der Waals surface area contributed by atoms with E-state index in [1.54, 1.807) is 24.3 Å². The van der Waals surface area contributed by atoms with Gasteiger partial charge in [-0.05, 0) is 48.2 Å². The van der Waals surface area contributed by atoms with Crippen molar-refractivity contribution in [2.24, 2.45) is 0 Å². The molecule has 0 spiro atoms. The van der Waals surface area contributed by atoms with Gasteiger partial charge in [0, 0.05) is 12.6 Å². The van der Waals surface area contributed by atoms with Gasteiger partial charge in [-0.25, -0.2) is 4.39 Å². The van der Waals surface area contributed by atoms with E-state index in [-0.39, 0.29) is 30.1 Å². The number of nitrogens with one attached hydrogen (secondary N) is 1. The predicted molar refractivity (Wildman–Crippen MR) is 115 cm³/mol. The van der Waals surface area contributed by atoms with Crippen LogP contribution < -0.4 is 5.32 Å². The molecule has 1 N–H and O–H groups in total. The number of furan rings is 1. The Labute approximate surface area is 180 Å². The van der Waals surface area contributed by atoms with Crippen molar-refractivity contribution < 1.29 is 18.4 Å². The van der Waals surface area contributed by atoms with Crippen LogP contribution in [-0.2, 0) is 11.3 Å². The fourth-order valence-electron chi connectivity index (χ4n) is 4.07. The number of amides is 2. The normalized spacial score (nSPS) is 14.9. The van der Waals surface area contributed by atoms with Crippen LogP contribution in [0.15, 0.2) is 77.4 Å². The van der Waals surface area contributed by atoms with Gasteiger partial charge in [-0.15, -0.1) is 0 Å². The van der Waals surface area contributed by atoms with Gasteiger partial charge in [-0.2, -0.15) is 0 Å². The van der Waals surface area contributed by atoms with Crippen molar-refractivity contribution in [2.45, 2.75) is 44.3 Å².